The number of nitrogens with zero attached hydrogens (tertiary/aromatic N) is 2. The lowest BCUT2D eigenvalue weighted by molar-refractivity contribution is -0.525. The third-order valence-electron chi connectivity index (χ3n) is 4.67. The summed E-state index contributed by atoms with van der Waals surface area (Å²) < 4.78 is 6.34. The molecule has 34 heavy (non-hydrogen) atoms. The van der Waals surface area contributed by atoms with Crippen molar-refractivity contribution in [2.24, 2.45) is 22.6 Å². The Balaban J connectivity index is 2.77. The molecule has 0 unspecified atom stereocenters. The molecule has 2 atom stereocenters. The highest BCUT2D eigenvalue weighted by atomic mass is 79.9. The Morgan fingerprint density at radius 1 is 1.29 bits per heavy atom. The van der Waals surface area contributed by atoms with Crippen molar-refractivity contribution in [1.29, 1.82) is 0 Å². The molecule has 0 aromatic heterocycles. The topological polar surface area (TPSA) is 189 Å². The molecule has 0 heterocycles. The number of ether oxygens (including phenoxy) is 1. The van der Waals surface area contributed by atoms with Crippen molar-refractivity contribution in [3.63, 3.8) is 0 Å². The van der Waals surface area contributed by atoms with Gasteiger partial charge in [0.05, 0.1) is 5.94 Å². The molecule has 0 fully saturated rings. The second-order valence-electron chi connectivity index (χ2n) is 8.12. The summed E-state index contributed by atoms with van der Waals surface area (Å²) in [6, 6.07) is 6.93. The van der Waals surface area contributed by atoms with Crippen molar-refractivity contribution in [3.8, 4) is 5.75 Å². The maximum Gasteiger partial charge on any atom is 0.475 e. The van der Waals surface area contributed by atoms with Gasteiger partial charge in [0.15, 0.2) is 10.8 Å². The first-order chi connectivity index (χ1) is 16.0. The zero-order chi connectivity index (χ0) is 25.7. The number of guanidine groups is 1. The quantitative estimate of drug-likeness (QED) is 0.0532. The summed E-state index contributed by atoms with van der Waals surface area (Å²) >= 11 is 3.31. The molecule has 1 aromatic rings. The number of nitro groups is 1. The summed E-state index contributed by atoms with van der Waals surface area (Å²) in [6.07, 6.45) is 0.741. The zero-order valence-corrected chi connectivity index (χ0v) is 20.7. The fourth-order valence-electron chi connectivity index (χ4n) is 3.08. The Labute approximate surface area is 206 Å². The van der Waals surface area contributed by atoms with E-state index >= 15 is 0 Å². The summed E-state index contributed by atoms with van der Waals surface area (Å²) in [6.45, 7) is 3.62. The lowest BCUT2D eigenvalue weighted by Gasteiger charge is -2.23. The van der Waals surface area contributed by atoms with Crippen molar-refractivity contribution in [1.82, 2.24) is 10.7 Å². The number of ketones is 1. The number of carbonyl (C=O) groups is 2. The minimum Gasteiger partial charge on any atom is -0.486 e. The van der Waals surface area contributed by atoms with Gasteiger partial charge in [0.25, 0.3) is 5.96 Å². The summed E-state index contributed by atoms with van der Waals surface area (Å²) in [5.41, 5.74) is 7.09. The minimum absolute atomic E-state index is 0.0953. The Morgan fingerprint density at radius 3 is 2.50 bits per heavy atom. The molecule has 1 aromatic carbocycles. The molecule has 6 N–H and O–H groups in total. The SMILES string of the molecule is CC(C)C[C@H](NC(=O)[C@H](CCCN=C(N)N[N+](=O)[O-])CC(=O)COc1ccc(Br)cc1)B(O)O. The minimum atomic E-state index is -1.75. The predicted octanol–water partition coefficient (Wildman–Crippen LogP) is 0.822. The van der Waals surface area contributed by atoms with Crippen molar-refractivity contribution in [2.45, 2.75) is 45.5 Å². The summed E-state index contributed by atoms with van der Waals surface area (Å²) in [4.78, 5) is 39.5. The number of Topliss-reactive ketones (excluding diaryl/α,β-unsaturated/α-hetero) is 1. The zero-order valence-electron chi connectivity index (χ0n) is 19.1. The van der Waals surface area contributed by atoms with Crippen LogP contribution >= 0.6 is 15.9 Å². The van der Waals surface area contributed by atoms with Gasteiger partial charge in [-0.05, 0) is 49.4 Å². The number of aliphatic imine (C=N–C) groups is 1. The number of benzene rings is 1. The van der Waals surface area contributed by atoms with Gasteiger partial charge in [0.1, 0.15) is 12.4 Å². The van der Waals surface area contributed by atoms with E-state index in [2.05, 4.69) is 26.2 Å². The third kappa shape index (κ3) is 12.5. The fraction of sp³-hybridized carbons (Fsp3) is 0.550. The van der Waals surface area contributed by atoms with Crippen LogP contribution in [0.1, 0.15) is 39.5 Å². The number of halogens is 1. The lowest BCUT2D eigenvalue weighted by Crippen LogP contribution is -2.49. The molecule has 12 nitrogen and oxygen atoms in total. The molecule has 0 aliphatic carbocycles. The molecule has 0 bridgehead atoms. The van der Waals surface area contributed by atoms with Gasteiger partial charge in [-0.1, -0.05) is 35.2 Å². The number of hydrazine groups is 1. The van der Waals surface area contributed by atoms with E-state index in [1.165, 1.54) is 0 Å². The van der Waals surface area contributed by atoms with E-state index in [1.807, 2.05) is 13.8 Å². The van der Waals surface area contributed by atoms with E-state index in [9.17, 15) is 29.8 Å². The smallest absolute Gasteiger partial charge is 0.475 e. The van der Waals surface area contributed by atoms with Gasteiger partial charge in [-0.15, -0.1) is 0 Å². The van der Waals surface area contributed by atoms with Crippen LogP contribution in [0, 0.1) is 22.0 Å². The molecular formula is C20H31BBrN5O7. The maximum absolute atomic E-state index is 12.9. The number of nitrogens with one attached hydrogen (secondary N) is 2. The Bertz CT molecular complexity index is 839. The van der Waals surface area contributed by atoms with Gasteiger partial charge in [-0.2, -0.15) is 0 Å². The predicted molar refractivity (Wildman–Crippen MR) is 130 cm³/mol. The van der Waals surface area contributed by atoms with Crippen LogP contribution in [0.25, 0.3) is 0 Å². The molecule has 0 radical (unpaired) electrons. The van der Waals surface area contributed by atoms with Crippen LogP contribution in [0.2, 0.25) is 0 Å². The molecule has 14 heteroatoms. The van der Waals surface area contributed by atoms with Crippen LogP contribution in [-0.2, 0) is 9.59 Å². The molecular weight excluding hydrogens is 513 g/mol. The second-order valence-corrected chi connectivity index (χ2v) is 9.03. The number of amides is 1. The summed E-state index contributed by atoms with van der Waals surface area (Å²) in [7, 11) is -1.75. The molecule has 0 saturated carbocycles. The molecule has 1 amide bonds. The van der Waals surface area contributed by atoms with Gasteiger partial charge in [0, 0.05) is 23.4 Å². The van der Waals surface area contributed by atoms with Crippen LogP contribution < -0.4 is 21.2 Å². The second kappa shape index (κ2) is 15.2. The van der Waals surface area contributed by atoms with E-state index in [0.29, 0.717) is 18.6 Å². The highest BCUT2D eigenvalue weighted by Crippen LogP contribution is 2.18. The lowest BCUT2D eigenvalue weighted by atomic mass is 9.74. The molecule has 0 aliphatic heterocycles. The first kappa shape index (κ1) is 29.3. The van der Waals surface area contributed by atoms with Crippen molar-refractivity contribution in [2.75, 3.05) is 13.2 Å². The normalized spacial score (nSPS) is 13.2. The van der Waals surface area contributed by atoms with E-state index in [-0.39, 0.29) is 43.7 Å². The van der Waals surface area contributed by atoms with Crippen molar-refractivity contribution >= 4 is 40.7 Å². The van der Waals surface area contributed by atoms with Crippen LogP contribution in [-0.4, -0.2) is 58.9 Å². The average Bonchev–Trinajstić information content (AvgIpc) is 2.74. The van der Waals surface area contributed by atoms with Gasteiger partial charge in [0.2, 0.25) is 5.91 Å². The van der Waals surface area contributed by atoms with Crippen LogP contribution in [0.4, 0.5) is 0 Å². The first-order valence-corrected chi connectivity index (χ1v) is 11.5. The van der Waals surface area contributed by atoms with E-state index in [1.54, 1.807) is 29.7 Å². The molecule has 1 rings (SSSR count). The summed E-state index contributed by atoms with van der Waals surface area (Å²) in [5.74, 6) is -2.26. The Kier molecular flexibility index (Phi) is 13.2. The van der Waals surface area contributed by atoms with Crippen LogP contribution in [0.15, 0.2) is 33.7 Å². The highest BCUT2D eigenvalue weighted by molar-refractivity contribution is 9.10. The Hall–Kier alpha value is -2.71. The monoisotopic (exact) mass is 543 g/mol. The van der Waals surface area contributed by atoms with Gasteiger partial charge >= 0.3 is 7.12 Å². The molecule has 0 spiro atoms. The molecule has 0 aliphatic rings. The van der Waals surface area contributed by atoms with Crippen LogP contribution in [0.3, 0.4) is 0 Å². The molecule has 188 valence electrons. The number of nitrogens with two attached hydrogens (primary N) is 1. The third-order valence-corrected chi connectivity index (χ3v) is 5.20. The fourth-order valence-corrected chi connectivity index (χ4v) is 3.35. The van der Waals surface area contributed by atoms with E-state index in [0.717, 1.165) is 4.47 Å². The van der Waals surface area contributed by atoms with Crippen molar-refractivity contribution < 1.29 is 29.4 Å². The highest BCUT2D eigenvalue weighted by Gasteiger charge is 2.30. The van der Waals surface area contributed by atoms with Crippen molar-refractivity contribution in [3.05, 3.63) is 38.9 Å². The van der Waals surface area contributed by atoms with Gasteiger partial charge in [-0.25, -0.2) is 15.1 Å². The largest absolute Gasteiger partial charge is 0.486 e. The number of rotatable bonds is 15. The van der Waals surface area contributed by atoms with E-state index in [4.69, 9.17) is 10.5 Å². The number of hydrogen-bond acceptors (Lipinski definition) is 8. The number of hydrogen-bond donors (Lipinski definition) is 5. The van der Waals surface area contributed by atoms with Gasteiger partial charge < -0.3 is 25.8 Å². The average molecular weight is 544 g/mol. The first-order valence-electron chi connectivity index (χ1n) is 10.8. The Morgan fingerprint density at radius 2 is 1.94 bits per heavy atom. The molecule has 0 saturated heterocycles. The van der Waals surface area contributed by atoms with E-state index < -0.39 is 29.9 Å². The number of carbonyl (C=O) groups excluding carboxylic acids is 2. The maximum atomic E-state index is 12.9. The standard InChI is InChI=1S/C20H31BBrN5O7/c1-13(2)10-18(21(30)31)25-19(29)14(4-3-9-24-20(23)26-27(32)33)11-16(28)12-34-17-7-5-15(22)6-8-17/h5-8,13-14,18,30-31H,3-4,9-12H2,1-2H3,(H,25,29)(H3,23,24,26)/t14-,18+/m1/s1. The van der Waals surface area contributed by atoms with Crippen LogP contribution in [0.5, 0.6) is 5.75 Å². The van der Waals surface area contributed by atoms with Gasteiger partial charge in [-0.3, -0.25) is 9.59 Å². The summed E-state index contributed by atoms with van der Waals surface area (Å²) in [5, 5.41) is 31.3.